The van der Waals surface area contributed by atoms with Gasteiger partial charge in [-0.3, -0.25) is 4.21 Å². The summed E-state index contributed by atoms with van der Waals surface area (Å²) in [6, 6.07) is 12.3. The van der Waals surface area contributed by atoms with E-state index in [9.17, 15) is 4.21 Å². The highest BCUT2D eigenvalue weighted by Crippen LogP contribution is 2.33. The second kappa shape index (κ2) is 7.55. The molecule has 0 amide bonds. The SMILES string of the molecule is COc1ccc(-c2ncc(-c3ccc(N4CCS(=O)CC4)cc3)s2)cn1. The van der Waals surface area contributed by atoms with Crippen LogP contribution in [0.5, 0.6) is 5.88 Å². The van der Waals surface area contributed by atoms with Crippen molar-refractivity contribution in [2.75, 3.05) is 36.6 Å². The van der Waals surface area contributed by atoms with E-state index in [1.54, 1.807) is 24.6 Å². The molecule has 3 aromatic rings. The highest BCUT2D eigenvalue weighted by molar-refractivity contribution is 7.85. The highest BCUT2D eigenvalue weighted by atomic mass is 32.2. The van der Waals surface area contributed by atoms with Crippen molar-refractivity contribution in [3.05, 3.63) is 48.8 Å². The molecule has 1 aliphatic heterocycles. The van der Waals surface area contributed by atoms with Crippen molar-refractivity contribution in [3.8, 4) is 26.9 Å². The van der Waals surface area contributed by atoms with E-state index in [0.29, 0.717) is 5.88 Å². The largest absolute Gasteiger partial charge is 0.481 e. The van der Waals surface area contributed by atoms with Gasteiger partial charge in [-0.25, -0.2) is 9.97 Å². The zero-order valence-corrected chi connectivity index (χ0v) is 16.1. The minimum atomic E-state index is -0.648. The monoisotopic (exact) mass is 385 g/mol. The summed E-state index contributed by atoms with van der Waals surface area (Å²) in [6.07, 6.45) is 3.69. The van der Waals surface area contributed by atoms with Crippen LogP contribution in [0.3, 0.4) is 0 Å². The number of benzene rings is 1. The number of methoxy groups -OCH3 is 1. The van der Waals surface area contributed by atoms with E-state index in [4.69, 9.17) is 4.74 Å². The van der Waals surface area contributed by atoms with Crippen LogP contribution in [0.25, 0.3) is 21.0 Å². The fourth-order valence-electron chi connectivity index (χ4n) is 2.90. The number of ether oxygens (including phenoxy) is 1. The smallest absolute Gasteiger partial charge is 0.212 e. The molecule has 5 nitrogen and oxygen atoms in total. The molecule has 0 aliphatic carbocycles. The minimum Gasteiger partial charge on any atom is -0.481 e. The molecule has 1 saturated heterocycles. The lowest BCUT2D eigenvalue weighted by molar-refractivity contribution is 0.398. The zero-order valence-electron chi connectivity index (χ0n) is 14.4. The molecule has 0 bridgehead atoms. The van der Waals surface area contributed by atoms with Crippen LogP contribution in [0.15, 0.2) is 48.8 Å². The van der Waals surface area contributed by atoms with Crippen LogP contribution >= 0.6 is 11.3 Å². The van der Waals surface area contributed by atoms with Crippen LogP contribution in [0.4, 0.5) is 5.69 Å². The van der Waals surface area contributed by atoms with E-state index >= 15 is 0 Å². The summed E-state index contributed by atoms with van der Waals surface area (Å²) in [4.78, 5) is 12.2. The Morgan fingerprint density at radius 1 is 1.00 bits per heavy atom. The van der Waals surface area contributed by atoms with E-state index < -0.39 is 10.8 Å². The van der Waals surface area contributed by atoms with Gasteiger partial charge in [0, 0.05) is 65.1 Å². The minimum absolute atomic E-state index is 0.600. The molecule has 4 rings (SSSR count). The molecule has 0 N–H and O–H groups in total. The quantitative estimate of drug-likeness (QED) is 0.688. The Morgan fingerprint density at radius 2 is 1.73 bits per heavy atom. The zero-order chi connectivity index (χ0) is 17.9. The lowest BCUT2D eigenvalue weighted by Gasteiger charge is -2.28. The second-order valence-electron chi connectivity index (χ2n) is 6.00. The maximum Gasteiger partial charge on any atom is 0.212 e. The van der Waals surface area contributed by atoms with Gasteiger partial charge < -0.3 is 9.64 Å². The Kier molecular flexibility index (Phi) is 4.99. The van der Waals surface area contributed by atoms with Crippen LogP contribution < -0.4 is 9.64 Å². The van der Waals surface area contributed by atoms with Gasteiger partial charge in [0.1, 0.15) is 5.01 Å². The molecule has 3 heterocycles. The van der Waals surface area contributed by atoms with Gasteiger partial charge in [0.25, 0.3) is 0 Å². The van der Waals surface area contributed by atoms with Crippen LogP contribution in [-0.2, 0) is 10.8 Å². The summed E-state index contributed by atoms with van der Waals surface area (Å²) in [7, 11) is 0.960. The van der Waals surface area contributed by atoms with Gasteiger partial charge >= 0.3 is 0 Å². The van der Waals surface area contributed by atoms with Crippen molar-refractivity contribution < 1.29 is 8.95 Å². The Bertz CT molecular complexity index is 897. The van der Waals surface area contributed by atoms with Crippen molar-refractivity contribution in [2.45, 2.75) is 0 Å². The van der Waals surface area contributed by atoms with E-state index in [1.807, 2.05) is 18.3 Å². The average molecular weight is 386 g/mol. The van der Waals surface area contributed by atoms with Crippen molar-refractivity contribution in [1.82, 2.24) is 9.97 Å². The van der Waals surface area contributed by atoms with Gasteiger partial charge in [-0.15, -0.1) is 11.3 Å². The predicted octanol–water partition coefficient (Wildman–Crippen LogP) is 3.45. The molecule has 7 heteroatoms. The summed E-state index contributed by atoms with van der Waals surface area (Å²) in [6.45, 7) is 1.72. The third-order valence-electron chi connectivity index (χ3n) is 4.39. The molecule has 0 saturated carbocycles. The lowest BCUT2D eigenvalue weighted by Crippen LogP contribution is -2.37. The third kappa shape index (κ3) is 3.64. The van der Waals surface area contributed by atoms with E-state index in [2.05, 4.69) is 39.1 Å². The number of aromatic nitrogens is 2. The lowest BCUT2D eigenvalue weighted by atomic mass is 10.2. The van der Waals surface area contributed by atoms with Crippen molar-refractivity contribution >= 4 is 27.8 Å². The second-order valence-corrected chi connectivity index (χ2v) is 8.73. The first-order valence-corrected chi connectivity index (χ1v) is 10.7. The van der Waals surface area contributed by atoms with Crippen LogP contribution in [-0.4, -0.2) is 45.9 Å². The summed E-state index contributed by atoms with van der Waals surface area (Å²) < 4.78 is 16.6. The van der Waals surface area contributed by atoms with Gasteiger partial charge in [-0.05, 0) is 23.8 Å². The Labute approximate surface area is 159 Å². The molecule has 0 spiro atoms. The molecule has 0 radical (unpaired) electrons. The van der Waals surface area contributed by atoms with Crippen LogP contribution in [0, 0.1) is 0 Å². The number of hydrogen-bond donors (Lipinski definition) is 0. The molecule has 1 fully saturated rings. The maximum atomic E-state index is 11.5. The fraction of sp³-hybridized carbons (Fsp3) is 0.263. The summed E-state index contributed by atoms with van der Waals surface area (Å²) in [5.41, 5.74) is 3.33. The molecular weight excluding hydrogens is 366 g/mol. The molecule has 134 valence electrons. The van der Waals surface area contributed by atoms with Gasteiger partial charge in [0.15, 0.2) is 0 Å². The number of pyridine rings is 1. The number of hydrogen-bond acceptors (Lipinski definition) is 6. The molecule has 1 aromatic carbocycles. The molecule has 2 aromatic heterocycles. The average Bonchev–Trinajstić information content (AvgIpc) is 3.19. The van der Waals surface area contributed by atoms with Crippen molar-refractivity contribution in [1.29, 1.82) is 0 Å². The topological polar surface area (TPSA) is 55.3 Å². The number of anilines is 1. The molecular formula is C19H19N3O2S2. The number of nitrogens with zero attached hydrogens (tertiary/aromatic N) is 3. The van der Waals surface area contributed by atoms with E-state index in [-0.39, 0.29) is 0 Å². The molecule has 1 aliphatic rings. The normalized spacial score (nSPS) is 15.2. The molecule has 0 unspecified atom stereocenters. The maximum absolute atomic E-state index is 11.5. The van der Waals surface area contributed by atoms with Gasteiger partial charge in [0.05, 0.1) is 12.0 Å². The number of rotatable bonds is 4. The summed E-state index contributed by atoms with van der Waals surface area (Å²) >= 11 is 1.65. The Hall–Kier alpha value is -2.25. The third-order valence-corrected chi connectivity index (χ3v) is 6.76. The Balaban J connectivity index is 1.51. The fourth-order valence-corrected chi connectivity index (χ4v) is 4.87. The standard InChI is InChI=1S/C19H19N3O2S2/c1-24-18-7-4-15(12-20-18)19-21-13-17(25-19)14-2-5-16(6-3-14)22-8-10-26(23)11-9-22/h2-7,12-13H,8-11H2,1H3. The Morgan fingerprint density at radius 3 is 2.38 bits per heavy atom. The first kappa shape index (κ1) is 17.2. The summed E-state index contributed by atoms with van der Waals surface area (Å²) in [5, 5.41) is 0.942. The summed E-state index contributed by atoms with van der Waals surface area (Å²) in [5.74, 6) is 2.12. The van der Waals surface area contributed by atoms with Gasteiger partial charge in [-0.1, -0.05) is 12.1 Å². The number of thiazole rings is 1. The molecule has 26 heavy (non-hydrogen) atoms. The van der Waals surface area contributed by atoms with Crippen LogP contribution in [0.2, 0.25) is 0 Å². The van der Waals surface area contributed by atoms with Crippen molar-refractivity contribution in [2.24, 2.45) is 0 Å². The predicted molar refractivity (Wildman–Crippen MR) is 107 cm³/mol. The molecule has 0 atom stereocenters. The van der Waals surface area contributed by atoms with Gasteiger partial charge in [0.2, 0.25) is 5.88 Å². The van der Waals surface area contributed by atoms with Crippen molar-refractivity contribution in [3.63, 3.8) is 0 Å². The first-order chi connectivity index (χ1) is 12.7. The first-order valence-electron chi connectivity index (χ1n) is 8.39. The van der Waals surface area contributed by atoms with Crippen LogP contribution in [0.1, 0.15) is 0 Å². The van der Waals surface area contributed by atoms with E-state index in [0.717, 1.165) is 45.6 Å². The highest BCUT2D eigenvalue weighted by Gasteiger charge is 2.15. The van der Waals surface area contributed by atoms with Gasteiger partial charge in [-0.2, -0.15) is 0 Å². The van der Waals surface area contributed by atoms with E-state index in [1.165, 1.54) is 5.69 Å².